The first-order valence-electron chi connectivity index (χ1n) is 9.32. The van der Waals surface area contributed by atoms with Gasteiger partial charge in [-0.1, -0.05) is 12.1 Å². The summed E-state index contributed by atoms with van der Waals surface area (Å²) in [6, 6.07) is 6.99. The molecule has 31 heavy (non-hydrogen) atoms. The highest BCUT2D eigenvalue weighted by molar-refractivity contribution is 5.95. The van der Waals surface area contributed by atoms with Crippen LogP contribution in [0.25, 0.3) is 0 Å². The van der Waals surface area contributed by atoms with Gasteiger partial charge in [-0.15, -0.1) is 0 Å². The number of amidine groups is 1. The minimum atomic E-state index is -5.08. The van der Waals surface area contributed by atoms with Crippen LogP contribution >= 0.6 is 0 Å². The third-order valence-corrected chi connectivity index (χ3v) is 4.37. The van der Waals surface area contributed by atoms with E-state index in [0.29, 0.717) is 50.4 Å². The van der Waals surface area contributed by atoms with Gasteiger partial charge >= 0.3 is 12.1 Å². The topological polar surface area (TPSA) is 146 Å². The lowest BCUT2D eigenvalue weighted by molar-refractivity contribution is -0.192. The van der Waals surface area contributed by atoms with Gasteiger partial charge in [0, 0.05) is 31.5 Å². The summed E-state index contributed by atoms with van der Waals surface area (Å²) >= 11 is 0. The van der Waals surface area contributed by atoms with Crippen molar-refractivity contribution in [2.24, 2.45) is 11.7 Å². The number of ether oxygens (including phenoxy) is 1. The molecular formula is C19H25F3N4O5. The fourth-order valence-corrected chi connectivity index (χ4v) is 2.70. The van der Waals surface area contributed by atoms with Crippen molar-refractivity contribution in [3.63, 3.8) is 0 Å². The number of carboxylic acids is 1. The Morgan fingerprint density at radius 1 is 1.29 bits per heavy atom. The van der Waals surface area contributed by atoms with Crippen molar-refractivity contribution in [1.29, 1.82) is 5.41 Å². The van der Waals surface area contributed by atoms with Crippen LogP contribution in [0.3, 0.4) is 0 Å². The molecule has 1 aliphatic heterocycles. The molecule has 2 rings (SSSR count). The quantitative estimate of drug-likeness (QED) is 0.295. The molecule has 0 unspecified atom stereocenters. The minimum Gasteiger partial charge on any atom is -0.492 e. The summed E-state index contributed by atoms with van der Waals surface area (Å²) in [6.07, 6.45) is -3.68. The fourth-order valence-electron chi connectivity index (χ4n) is 2.70. The summed E-state index contributed by atoms with van der Waals surface area (Å²) in [5.41, 5.74) is 6.04. The maximum atomic E-state index is 12.1. The zero-order valence-corrected chi connectivity index (χ0v) is 16.9. The highest BCUT2D eigenvalue weighted by Gasteiger charge is 2.38. The SMILES string of the molecule is CC(=O)N1CCC(C(=O)NCCOc2cccc(C(=N)N)c2)CC1.O=C(O)C(F)(F)F. The number of amides is 2. The maximum absolute atomic E-state index is 12.1. The van der Waals surface area contributed by atoms with Gasteiger partial charge in [-0.25, -0.2) is 4.79 Å². The van der Waals surface area contributed by atoms with E-state index in [1.165, 1.54) is 0 Å². The van der Waals surface area contributed by atoms with E-state index < -0.39 is 12.1 Å². The molecule has 0 atom stereocenters. The van der Waals surface area contributed by atoms with E-state index in [1.807, 2.05) is 0 Å². The first-order chi connectivity index (χ1) is 14.4. The first kappa shape index (κ1) is 25.7. The molecule has 9 nitrogen and oxygen atoms in total. The van der Waals surface area contributed by atoms with Gasteiger partial charge in [0.05, 0.1) is 6.54 Å². The molecule has 5 N–H and O–H groups in total. The molecule has 0 radical (unpaired) electrons. The Morgan fingerprint density at radius 2 is 1.87 bits per heavy atom. The van der Waals surface area contributed by atoms with Crippen molar-refractivity contribution in [2.45, 2.75) is 25.9 Å². The predicted molar refractivity (Wildman–Crippen MR) is 105 cm³/mol. The molecule has 0 aromatic heterocycles. The highest BCUT2D eigenvalue weighted by Crippen LogP contribution is 2.17. The molecular weight excluding hydrogens is 421 g/mol. The van der Waals surface area contributed by atoms with Gasteiger partial charge in [0.1, 0.15) is 18.2 Å². The standard InChI is InChI=1S/C17H24N4O3.C2HF3O2/c1-12(22)21-8-5-13(6-9-21)17(23)20-7-10-24-15-4-2-3-14(11-15)16(18)19;3-2(4,5)1(6)7/h2-4,11,13H,5-10H2,1H3,(H3,18,19)(H,20,23);(H,6,7). The van der Waals surface area contributed by atoms with Crippen molar-refractivity contribution in [3.8, 4) is 5.75 Å². The normalized spacial score (nSPS) is 14.1. The summed E-state index contributed by atoms with van der Waals surface area (Å²) in [7, 11) is 0. The number of hydrogen-bond donors (Lipinski definition) is 4. The zero-order valence-electron chi connectivity index (χ0n) is 16.9. The summed E-state index contributed by atoms with van der Waals surface area (Å²) in [4.78, 5) is 34.1. The Hall–Kier alpha value is -3.31. The number of carboxylic acid groups (broad SMARTS) is 1. The van der Waals surface area contributed by atoms with Gasteiger partial charge < -0.3 is 25.8 Å². The summed E-state index contributed by atoms with van der Waals surface area (Å²) in [5, 5.41) is 17.4. The van der Waals surface area contributed by atoms with Gasteiger partial charge in [0.2, 0.25) is 11.8 Å². The Labute approximate surface area is 176 Å². The summed E-state index contributed by atoms with van der Waals surface area (Å²) in [6.45, 7) is 3.60. The first-order valence-corrected chi connectivity index (χ1v) is 9.32. The Balaban J connectivity index is 0.000000592. The number of rotatable bonds is 6. The van der Waals surface area contributed by atoms with Crippen molar-refractivity contribution in [2.75, 3.05) is 26.2 Å². The van der Waals surface area contributed by atoms with E-state index in [1.54, 1.807) is 36.1 Å². The van der Waals surface area contributed by atoms with Crippen LogP contribution in [-0.4, -0.2) is 66.0 Å². The van der Waals surface area contributed by atoms with Crippen LogP contribution < -0.4 is 15.8 Å². The second-order valence-electron chi connectivity index (χ2n) is 6.66. The zero-order chi connectivity index (χ0) is 23.6. The predicted octanol–water partition coefficient (Wildman–Crippen LogP) is 1.36. The largest absolute Gasteiger partial charge is 0.492 e. The number of hydrogen-bond acceptors (Lipinski definition) is 5. The van der Waals surface area contributed by atoms with E-state index in [0.717, 1.165) is 0 Å². The molecule has 1 aromatic carbocycles. The van der Waals surface area contributed by atoms with Gasteiger partial charge in [-0.2, -0.15) is 13.2 Å². The monoisotopic (exact) mass is 446 g/mol. The molecule has 0 aliphatic carbocycles. The molecule has 1 fully saturated rings. The Kier molecular flexibility index (Phi) is 9.77. The lowest BCUT2D eigenvalue weighted by Gasteiger charge is -2.30. The van der Waals surface area contributed by atoms with Crippen LogP contribution in [0.1, 0.15) is 25.3 Å². The van der Waals surface area contributed by atoms with E-state index in [4.69, 9.17) is 25.8 Å². The minimum absolute atomic E-state index is 0.00865. The number of nitrogens with zero attached hydrogens (tertiary/aromatic N) is 1. The van der Waals surface area contributed by atoms with Crippen LogP contribution in [-0.2, 0) is 14.4 Å². The number of carbonyl (C=O) groups is 3. The highest BCUT2D eigenvalue weighted by atomic mass is 19.4. The third kappa shape index (κ3) is 9.36. The number of piperidine rings is 1. The number of nitrogens with two attached hydrogens (primary N) is 1. The van der Waals surface area contributed by atoms with Crippen molar-refractivity contribution < 1.29 is 37.4 Å². The average Bonchev–Trinajstić information content (AvgIpc) is 2.71. The lowest BCUT2D eigenvalue weighted by atomic mass is 9.96. The molecule has 1 aromatic rings. The Morgan fingerprint density at radius 3 is 2.35 bits per heavy atom. The number of likely N-dealkylation sites (tertiary alicyclic amines) is 1. The van der Waals surface area contributed by atoms with E-state index in [-0.39, 0.29) is 23.6 Å². The second kappa shape index (κ2) is 11.8. The number of benzene rings is 1. The van der Waals surface area contributed by atoms with E-state index >= 15 is 0 Å². The molecule has 0 bridgehead atoms. The lowest BCUT2D eigenvalue weighted by Crippen LogP contribution is -2.42. The molecule has 12 heteroatoms. The van der Waals surface area contributed by atoms with Crippen molar-refractivity contribution >= 4 is 23.6 Å². The molecule has 1 saturated heterocycles. The fraction of sp³-hybridized carbons (Fsp3) is 0.474. The number of nitrogen functional groups attached to an aromatic ring is 1. The Bertz CT molecular complexity index is 793. The van der Waals surface area contributed by atoms with Crippen LogP contribution in [0.5, 0.6) is 5.75 Å². The number of carbonyl (C=O) groups excluding carboxylic acids is 2. The third-order valence-electron chi connectivity index (χ3n) is 4.37. The molecule has 1 aliphatic rings. The smallest absolute Gasteiger partial charge is 0.490 e. The van der Waals surface area contributed by atoms with Crippen molar-refractivity contribution in [3.05, 3.63) is 29.8 Å². The maximum Gasteiger partial charge on any atom is 0.490 e. The van der Waals surface area contributed by atoms with Crippen LogP contribution in [0.4, 0.5) is 13.2 Å². The van der Waals surface area contributed by atoms with E-state index in [2.05, 4.69) is 5.32 Å². The van der Waals surface area contributed by atoms with Gasteiger partial charge in [0.15, 0.2) is 0 Å². The van der Waals surface area contributed by atoms with Gasteiger partial charge in [-0.3, -0.25) is 15.0 Å². The van der Waals surface area contributed by atoms with Crippen molar-refractivity contribution in [1.82, 2.24) is 10.2 Å². The number of nitrogens with one attached hydrogen (secondary N) is 2. The molecule has 172 valence electrons. The van der Waals surface area contributed by atoms with Crippen LogP contribution in [0, 0.1) is 11.3 Å². The number of alkyl halides is 3. The molecule has 0 saturated carbocycles. The van der Waals surface area contributed by atoms with Gasteiger partial charge in [-0.05, 0) is 25.0 Å². The van der Waals surface area contributed by atoms with Gasteiger partial charge in [0.25, 0.3) is 0 Å². The second-order valence-corrected chi connectivity index (χ2v) is 6.66. The summed E-state index contributed by atoms with van der Waals surface area (Å²) in [5.74, 6) is -2.11. The summed E-state index contributed by atoms with van der Waals surface area (Å²) < 4.78 is 37.3. The van der Waals surface area contributed by atoms with Crippen LogP contribution in [0.2, 0.25) is 0 Å². The number of aliphatic carboxylic acids is 1. The molecule has 2 amide bonds. The average molecular weight is 446 g/mol. The van der Waals surface area contributed by atoms with E-state index in [9.17, 15) is 22.8 Å². The van der Waals surface area contributed by atoms with Crippen LogP contribution in [0.15, 0.2) is 24.3 Å². The number of halogens is 3. The molecule has 1 heterocycles. The molecule has 0 spiro atoms.